The van der Waals surface area contributed by atoms with Gasteiger partial charge in [-0.1, -0.05) is 0 Å². The number of pyridine rings is 1. The van der Waals surface area contributed by atoms with Crippen LogP contribution in [0.15, 0.2) is 36.8 Å². The normalized spacial score (nSPS) is 15.0. The molecule has 1 aliphatic heterocycles. The van der Waals surface area contributed by atoms with E-state index in [-0.39, 0.29) is 5.91 Å². The summed E-state index contributed by atoms with van der Waals surface area (Å²) < 4.78 is 0. The van der Waals surface area contributed by atoms with Crippen molar-refractivity contribution >= 4 is 17.5 Å². The molecule has 3 rings (SSSR count). The van der Waals surface area contributed by atoms with Crippen LogP contribution >= 0.6 is 0 Å². The van der Waals surface area contributed by atoms with Crippen molar-refractivity contribution in [3.8, 4) is 0 Å². The van der Waals surface area contributed by atoms with E-state index in [1.165, 1.54) is 0 Å². The fourth-order valence-electron chi connectivity index (χ4n) is 2.29. The monoisotopic (exact) mass is 284 g/mol. The summed E-state index contributed by atoms with van der Waals surface area (Å²) in [5.41, 5.74) is 6.62. The maximum Gasteiger partial charge on any atom is 0.272 e. The van der Waals surface area contributed by atoms with Gasteiger partial charge in [-0.25, -0.2) is 9.97 Å². The Morgan fingerprint density at radius 1 is 1.05 bits per heavy atom. The third-order valence-electron chi connectivity index (χ3n) is 3.40. The molecular weight excluding hydrogens is 268 g/mol. The van der Waals surface area contributed by atoms with Crippen molar-refractivity contribution in [3.05, 3.63) is 42.5 Å². The standard InChI is InChI=1S/C14H16N6O/c15-11-2-5-16-12(10-11)13(21)19-6-8-20(9-7-19)14-17-3-1-4-18-14/h1-5,10H,6-9H2,(H2,15,16). The molecule has 1 amide bonds. The quantitative estimate of drug-likeness (QED) is 0.859. The maximum atomic E-state index is 12.4. The van der Waals surface area contributed by atoms with Gasteiger partial charge in [0.2, 0.25) is 5.95 Å². The number of carbonyl (C=O) groups excluding carboxylic acids is 1. The van der Waals surface area contributed by atoms with Gasteiger partial charge in [0.25, 0.3) is 5.91 Å². The molecule has 1 aliphatic rings. The van der Waals surface area contributed by atoms with E-state index < -0.39 is 0 Å². The molecule has 7 nitrogen and oxygen atoms in total. The van der Waals surface area contributed by atoms with Crippen molar-refractivity contribution in [2.45, 2.75) is 0 Å². The first-order valence-electron chi connectivity index (χ1n) is 6.77. The van der Waals surface area contributed by atoms with Gasteiger partial charge in [-0.3, -0.25) is 9.78 Å². The predicted molar refractivity (Wildman–Crippen MR) is 78.8 cm³/mol. The van der Waals surface area contributed by atoms with Crippen molar-refractivity contribution in [3.63, 3.8) is 0 Å². The Labute approximate surface area is 122 Å². The number of aromatic nitrogens is 3. The van der Waals surface area contributed by atoms with Gasteiger partial charge in [0.15, 0.2) is 0 Å². The molecule has 2 aromatic heterocycles. The van der Waals surface area contributed by atoms with Gasteiger partial charge >= 0.3 is 0 Å². The summed E-state index contributed by atoms with van der Waals surface area (Å²) in [6, 6.07) is 5.06. The van der Waals surface area contributed by atoms with Crippen LogP contribution in [0.25, 0.3) is 0 Å². The van der Waals surface area contributed by atoms with Gasteiger partial charge in [0.05, 0.1) is 0 Å². The zero-order valence-corrected chi connectivity index (χ0v) is 11.5. The predicted octanol–water partition coefficient (Wildman–Crippen LogP) is 0.416. The molecule has 21 heavy (non-hydrogen) atoms. The average Bonchev–Trinajstić information content (AvgIpc) is 2.55. The molecule has 108 valence electrons. The van der Waals surface area contributed by atoms with E-state index in [0.717, 1.165) is 0 Å². The molecule has 0 aliphatic carbocycles. The number of hydrogen-bond donors (Lipinski definition) is 1. The number of hydrogen-bond acceptors (Lipinski definition) is 6. The van der Waals surface area contributed by atoms with Gasteiger partial charge in [0.1, 0.15) is 5.69 Å². The second-order valence-electron chi connectivity index (χ2n) is 4.80. The number of nitrogens with two attached hydrogens (primary N) is 1. The zero-order chi connectivity index (χ0) is 14.7. The molecule has 1 fully saturated rings. The highest BCUT2D eigenvalue weighted by atomic mass is 16.2. The van der Waals surface area contributed by atoms with E-state index in [1.807, 2.05) is 0 Å². The summed E-state index contributed by atoms with van der Waals surface area (Å²) in [4.78, 5) is 28.7. The fourth-order valence-corrected chi connectivity index (χ4v) is 2.29. The fraction of sp³-hybridized carbons (Fsp3) is 0.286. The molecule has 0 radical (unpaired) electrons. The van der Waals surface area contributed by atoms with Crippen LogP contribution in [0.3, 0.4) is 0 Å². The molecule has 2 aromatic rings. The molecule has 2 N–H and O–H groups in total. The molecular formula is C14H16N6O. The average molecular weight is 284 g/mol. The van der Waals surface area contributed by atoms with Crippen molar-refractivity contribution in [1.82, 2.24) is 19.9 Å². The van der Waals surface area contributed by atoms with Crippen LogP contribution in [0.1, 0.15) is 10.5 Å². The summed E-state index contributed by atoms with van der Waals surface area (Å²) in [7, 11) is 0. The summed E-state index contributed by atoms with van der Waals surface area (Å²) in [5, 5.41) is 0. The molecule has 7 heteroatoms. The second kappa shape index (κ2) is 5.74. The van der Waals surface area contributed by atoms with Crippen LogP contribution in [-0.2, 0) is 0 Å². The van der Waals surface area contributed by atoms with Crippen molar-refractivity contribution in [2.24, 2.45) is 0 Å². The summed E-state index contributed by atoms with van der Waals surface area (Å²) >= 11 is 0. The van der Waals surface area contributed by atoms with E-state index in [0.29, 0.717) is 43.5 Å². The lowest BCUT2D eigenvalue weighted by atomic mass is 10.2. The number of rotatable bonds is 2. The number of piperazine rings is 1. The van der Waals surface area contributed by atoms with E-state index in [9.17, 15) is 4.79 Å². The smallest absolute Gasteiger partial charge is 0.272 e. The van der Waals surface area contributed by atoms with E-state index in [1.54, 1.807) is 41.7 Å². The largest absolute Gasteiger partial charge is 0.399 e. The molecule has 0 unspecified atom stereocenters. The Balaban J connectivity index is 1.64. The Morgan fingerprint density at radius 2 is 1.76 bits per heavy atom. The summed E-state index contributed by atoms with van der Waals surface area (Å²) in [6.07, 6.45) is 4.99. The van der Waals surface area contributed by atoms with E-state index >= 15 is 0 Å². The Kier molecular flexibility index (Phi) is 3.63. The van der Waals surface area contributed by atoms with Crippen LogP contribution in [0, 0.1) is 0 Å². The lowest BCUT2D eigenvalue weighted by molar-refractivity contribution is 0.0740. The topological polar surface area (TPSA) is 88.2 Å². The van der Waals surface area contributed by atoms with Gasteiger partial charge in [-0.05, 0) is 18.2 Å². The number of nitrogens with zero attached hydrogens (tertiary/aromatic N) is 5. The summed E-state index contributed by atoms with van der Waals surface area (Å²) in [5.74, 6) is 0.614. The minimum absolute atomic E-state index is 0.0871. The molecule has 0 aromatic carbocycles. The van der Waals surface area contributed by atoms with Gasteiger partial charge < -0.3 is 15.5 Å². The third kappa shape index (κ3) is 2.91. The molecule has 0 spiro atoms. The Morgan fingerprint density at radius 3 is 2.43 bits per heavy atom. The number of nitrogen functional groups attached to an aromatic ring is 1. The lowest BCUT2D eigenvalue weighted by Gasteiger charge is -2.34. The van der Waals surface area contributed by atoms with Crippen molar-refractivity contribution < 1.29 is 4.79 Å². The van der Waals surface area contributed by atoms with Crippen LogP contribution in [0.4, 0.5) is 11.6 Å². The molecule has 0 atom stereocenters. The first kappa shape index (κ1) is 13.3. The van der Waals surface area contributed by atoms with Crippen LogP contribution < -0.4 is 10.6 Å². The van der Waals surface area contributed by atoms with Crippen LogP contribution in [0.5, 0.6) is 0 Å². The lowest BCUT2D eigenvalue weighted by Crippen LogP contribution is -2.49. The van der Waals surface area contributed by atoms with Crippen LogP contribution in [-0.4, -0.2) is 51.9 Å². The van der Waals surface area contributed by atoms with Crippen LogP contribution in [0.2, 0.25) is 0 Å². The second-order valence-corrected chi connectivity index (χ2v) is 4.80. The Hall–Kier alpha value is -2.70. The minimum atomic E-state index is -0.0871. The van der Waals surface area contributed by atoms with Gasteiger partial charge in [-0.15, -0.1) is 0 Å². The highest BCUT2D eigenvalue weighted by Crippen LogP contribution is 2.12. The zero-order valence-electron chi connectivity index (χ0n) is 11.5. The summed E-state index contributed by atoms with van der Waals surface area (Å²) in [6.45, 7) is 2.65. The molecule has 3 heterocycles. The molecule has 0 bridgehead atoms. The first-order valence-corrected chi connectivity index (χ1v) is 6.77. The number of amides is 1. The highest BCUT2D eigenvalue weighted by molar-refractivity contribution is 5.93. The Bertz CT molecular complexity index is 624. The maximum absolute atomic E-state index is 12.4. The van der Waals surface area contributed by atoms with E-state index in [2.05, 4.69) is 19.9 Å². The molecule has 0 saturated carbocycles. The van der Waals surface area contributed by atoms with E-state index in [4.69, 9.17) is 5.73 Å². The minimum Gasteiger partial charge on any atom is -0.399 e. The van der Waals surface area contributed by atoms with Crippen molar-refractivity contribution in [1.29, 1.82) is 0 Å². The number of carbonyl (C=O) groups is 1. The SMILES string of the molecule is Nc1ccnc(C(=O)N2CCN(c3ncccn3)CC2)c1. The van der Waals surface area contributed by atoms with Gasteiger partial charge in [0, 0.05) is 50.5 Å². The molecule has 1 saturated heterocycles. The number of anilines is 2. The highest BCUT2D eigenvalue weighted by Gasteiger charge is 2.24. The first-order chi connectivity index (χ1) is 10.2. The van der Waals surface area contributed by atoms with Crippen molar-refractivity contribution in [2.75, 3.05) is 36.8 Å². The van der Waals surface area contributed by atoms with Gasteiger partial charge in [-0.2, -0.15) is 0 Å². The third-order valence-corrected chi connectivity index (χ3v) is 3.40.